The summed E-state index contributed by atoms with van der Waals surface area (Å²) in [4.78, 5) is 17.2. The minimum absolute atomic E-state index is 0.136. The van der Waals surface area contributed by atoms with Crippen molar-refractivity contribution in [1.29, 1.82) is 0 Å². The van der Waals surface area contributed by atoms with Crippen LogP contribution in [0.25, 0.3) is 16.9 Å². The lowest BCUT2D eigenvalue weighted by Gasteiger charge is -2.14. The molecule has 3 rings (SSSR count). The molecule has 2 heterocycles. The van der Waals surface area contributed by atoms with Gasteiger partial charge in [-0.1, -0.05) is 19.9 Å². The third kappa shape index (κ3) is 5.03. The van der Waals surface area contributed by atoms with Crippen molar-refractivity contribution in [3.8, 4) is 16.9 Å². The second-order valence-electron chi connectivity index (χ2n) is 7.65. The molecule has 152 valence electrons. The van der Waals surface area contributed by atoms with Crippen molar-refractivity contribution < 1.29 is 9.90 Å². The molecule has 0 spiro atoms. The van der Waals surface area contributed by atoms with Crippen LogP contribution in [0.1, 0.15) is 42.5 Å². The molecule has 1 atom stereocenters. The second kappa shape index (κ2) is 8.91. The Kier molecular flexibility index (Phi) is 6.33. The highest BCUT2D eigenvalue weighted by Gasteiger charge is 2.16. The first kappa shape index (κ1) is 20.6. The number of hydrogen-bond donors (Lipinski definition) is 2. The number of benzene rings is 1. The maximum atomic E-state index is 12.7. The van der Waals surface area contributed by atoms with E-state index in [9.17, 15) is 9.90 Å². The zero-order valence-electron chi connectivity index (χ0n) is 17.1. The van der Waals surface area contributed by atoms with Gasteiger partial charge >= 0.3 is 0 Å². The van der Waals surface area contributed by atoms with Gasteiger partial charge in [0.2, 0.25) is 0 Å². The second-order valence-corrected chi connectivity index (χ2v) is 7.65. The third-order valence-corrected chi connectivity index (χ3v) is 4.41. The molecular formula is C21H26N6O2. The van der Waals surface area contributed by atoms with E-state index in [0.717, 1.165) is 22.6 Å². The number of nitrogens with zero attached hydrogens (tertiary/aromatic N) is 5. The molecule has 0 aliphatic carbocycles. The fourth-order valence-electron chi connectivity index (χ4n) is 2.90. The van der Waals surface area contributed by atoms with Crippen molar-refractivity contribution in [2.45, 2.75) is 40.2 Å². The Hall–Kier alpha value is -3.13. The predicted octanol–water partition coefficient (Wildman–Crippen LogP) is 2.34. The fraction of sp³-hybridized carbons (Fsp3) is 0.381. The minimum Gasteiger partial charge on any atom is -0.394 e. The molecule has 0 fully saturated rings. The number of carbonyl (C=O) groups is 1. The molecule has 8 heteroatoms. The van der Waals surface area contributed by atoms with Gasteiger partial charge in [0.15, 0.2) is 5.82 Å². The summed E-state index contributed by atoms with van der Waals surface area (Å²) in [6.45, 7) is 7.78. The summed E-state index contributed by atoms with van der Waals surface area (Å²) >= 11 is 0. The van der Waals surface area contributed by atoms with E-state index < -0.39 is 0 Å². The summed E-state index contributed by atoms with van der Waals surface area (Å²) in [5.74, 6) is 0.833. The van der Waals surface area contributed by atoms with Crippen molar-refractivity contribution in [1.82, 2.24) is 30.5 Å². The van der Waals surface area contributed by atoms with Crippen LogP contribution in [0.2, 0.25) is 0 Å². The first-order chi connectivity index (χ1) is 13.9. The first-order valence-corrected chi connectivity index (χ1v) is 9.65. The number of pyridine rings is 1. The van der Waals surface area contributed by atoms with Crippen molar-refractivity contribution in [2.24, 2.45) is 5.92 Å². The van der Waals surface area contributed by atoms with Crippen LogP contribution >= 0.6 is 0 Å². The SMILES string of the molecule is Cc1ccc(-c2cc(C(=O)NC(C)CO)cc(-n3nnnc3CC(C)C)c2)nc1. The molecule has 0 bridgehead atoms. The van der Waals surface area contributed by atoms with Gasteiger partial charge in [0.25, 0.3) is 5.91 Å². The van der Waals surface area contributed by atoms with E-state index in [1.54, 1.807) is 29.9 Å². The average molecular weight is 394 g/mol. The maximum absolute atomic E-state index is 12.7. The molecule has 0 aliphatic heterocycles. The Morgan fingerprint density at radius 2 is 2.00 bits per heavy atom. The third-order valence-electron chi connectivity index (χ3n) is 4.41. The minimum atomic E-state index is -0.350. The van der Waals surface area contributed by atoms with Gasteiger partial charge in [-0.3, -0.25) is 9.78 Å². The van der Waals surface area contributed by atoms with Crippen LogP contribution in [0, 0.1) is 12.8 Å². The molecule has 0 aliphatic rings. The zero-order chi connectivity index (χ0) is 21.0. The van der Waals surface area contributed by atoms with Crippen molar-refractivity contribution in [3.05, 3.63) is 53.5 Å². The lowest BCUT2D eigenvalue weighted by atomic mass is 10.0. The Labute approximate surface area is 170 Å². The summed E-state index contributed by atoms with van der Waals surface area (Å²) in [6.07, 6.45) is 2.50. The van der Waals surface area contributed by atoms with Crippen molar-refractivity contribution in [3.63, 3.8) is 0 Å². The van der Waals surface area contributed by atoms with Crippen LogP contribution in [0.4, 0.5) is 0 Å². The Bertz CT molecular complexity index is 981. The largest absolute Gasteiger partial charge is 0.394 e. The number of amides is 1. The summed E-state index contributed by atoms with van der Waals surface area (Å²) in [7, 11) is 0. The summed E-state index contributed by atoms with van der Waals surface area (Å²) in [5.41, 5.74) is 3.73. The van der Waals surface area contributed by atoms with Crippen LogP contribution < -0.4 is 5.32 Å². The number of aryl methyl sites for hydroxylation is 1. The topological polar surface area (TPSA) is 106 Å². The molecule has 1 aromatic carbocycles. The Balaban J connectivity index is 2.09. The fourth-order valence-corrected chi connectivity index (χ4v) is 2.90. The molecule has 2 aromatic heterocycles. The number of carbonyl (C=O) groups excluding carboxylic acids is 1. The van der Waals surface area contributed by atoms with Gasteiger partial charge < -0.3 is 10.4 Å². The van der Waals surface area contributed by atoms with Gasteiger partial charge in [-0.05, 0) is 60.0 Å². The molecule has 0 saturated carbocycles. The van der Waals surface area contributed by atoms with Crippen LogP contribution in [-0.4, -0.2) is 48.9 Å². The Morgan fingerprint density at radius 1 is 1.21 bits per heavy atom. The van der Waals surface area contributed by atoms with Gasteiger partial charge in [-0.2, -0.15) is 4.68 Å². The number of tetrazole rings is 1. The number of aliphatic hydroxyl groups excluding tert-OH is 1. The highest BCUT2D eigenvalue weighted by molar-refractivity contribution is 5.96. The highest BCUT2D eigenvalue weighted by Crippen LogP contribution is 2.24. The van der Waals surface area contributed by atoms with E-state index in [1.807, 2.05) is 25.1 Å². The molecule has 1 amide bonds. The normalized spacial score (nSPS) is 12.2. The van der Waals surface area contributed by atoms with Crippen LogP contribution in [0.5, 0.6) is 0 Å². The van der Waals surface area contributed by atoms with E-state index in [4.69, 9.17) is 0 Å². The van der Waals surface area contributed by atoms with Crippen LogP contribution in [0.3, 0.4) is 0 Å². The van der Waals surface area contributed by atoms with Gasteiger partial charge in [-0.15, -0.1) is 5.10 Å². The summed E-state index contributed by atoms with van der Waals surface area (Å²) in [6, 6.07) is 9.00. The van der Waals surface area contributed by atoms with Crippen molar-refractivity contribution >= 4 is 5.91 Å². The molecule has 0 saturated heterocycles. The molecule has 8 nitrogen and oxygen atoms in total. The van der Waals surface area contributed by atoms with Gasteiger partial charge in [0.05, 0.1) is 18.0 Å². The highest BCUT2D eigenvalue weighted by atomic mass is 16.3. The Morgan fingerprint density at radius 3 is 2.66 bits per heavy atom. The van der Waals surface area contributed by atoms with Gasteiger partial charge in [-0.25, -0.2) is 0 Å². The first-order valence-electron chi connectivity index (χ1n) is 9.65. The molecule has 1 unspecified atom stereocenters. The van der Waals surface area contributed by atoms with Gasteiger partial charge in [0.1, 0.15) is 0 Å². The van der Waals surface area contributed by atoms with E-state index in [2.05, 4.69) is 39.7 Å². The van der Waals surface area contributed by atoms with Gasteiger partial charge in [0, 0.05) is 29.8 Å². The summed E-state index contributed by atoms with van der Waals surface area (Å²) < 4.78 is 1.66. The van der Waals surface area contributed by atoms with E-state index in [0.29, 0.717) is 23.6 Å². The lowest BCUT2D eigenvalue weighted by molar-refractivity contribution is 0.0922. The standard InChI is InChI=1S/C21H26N6O2/c1-13(2)7-20-24-25-26-27(20)18-9-16(19-6-5-14(3)11-22-19)8-17(10-18)21(29)23-15(4)12-28/h5-6,8-11,13,15,28H,7,12H2,1-4H3,(H,23,29). The number of hydrogen-bond acceptors (Lipinski definition) is 6. The zero-order valence-corrected chi connectivity index (χ0v) is 17.1. The smallest absolute Gasteiger partial charge is 0.251 e. The monoisotopic (exact) mass is 394 g/mol. The molecule has 29 heavy (non-hydrogen) atoms. The average Bonchev–Trinajstić information content (AvgIpc) is 3.15. The quantitative estimate of drug-likeness (QED) is 0.637. The molecule has 0 radical (unpaired) electrons. The number of rotatable bonds is 7. The number of nitrogens with one attached hydrogen (secondary N) is 1. The van der Waals surface area contributed by atoms with E-state index in [-0.39, 0.29) is 18.6 Å². The predicted molar refractivity (Wildman–Crippen MR) is 110 cm³/mol. The van der Waals surface area contributed by atoms with E-state index >= 15 is 0 Å². The van der Waals surface area contributed by atoms with Crippen molar-refractivity contribution in [2.75, 3.05) is 6.61 Å². The number of aliphatic hydroxyl groups is 1. The maximum Gasteiger partial charge on any atom is 0.251 e. The summed E-state index contributed by atoms with van der Waals surface area (Å²) in [5, 5.41) is 24.1. The molecule has 2 N–H and O–H groups in total. The molecular weight excluding hydrogens is 368 g/mol. The number of aromatic nitrogens is 5. The molecule has 3 aromatic rings. The van der Waals surface area contributed by atoms with E-state index in [1.165, 1.54) is 0 Å². The van der Waals surface area contributed by atoms with Crippen LogP contribution in [-0.2, 0) is 6.42 Å². The lowest BCUT2D eigenvalue weighted by Crippen LogP contribution is -2.35. The van der Waals surface area contributed by atoms with Crippen LogP contribution in [0.15, 0.2) is 36.5 Å².